The van der Waals surface area contributed by atoms with Gasteiger partial charge in [0, 0.05) is 5.69 Å². The highest BCUT2D eigenvalue weighted by Crippen LogP contribution is 2.25. The van der Waals surface area contributed by atoms with Gasteiger partial charge in [-0.15, -0.1) is 0 Å². The summed E-state index contributed by atoms with van der Waals surface area (Å²) in [5.41, 5.74) is 1.10. The molecule has 0 bridgehead atoms. The van der Waals surface area contributed by atoms with E-state index >= 15 is 0 Å². The van der Waals surface area contributed by atoms with Gasteiger partial charge in [0.1, 0.15) is 17.2 Å². The predicted molar refractivity (Wildman–Crippen MR) is 104 cm³/mol. The molecule has 0 radical (unpaired) electrons. The molecule has 5 heteroatoms. The second-order valence-electron chi connectivity index (χ2n) is 5.46. The van der Waals surface area contributed by atoms with Gasteiger partial charge >= 0.3 is 0 Å². The molecule has 0 atom stereocenters. The van der Waals surface area contributed by atoms with Gasteiger partial charge in [0.15, 0.2) is 0 Å². The molecule has 0 aromatic heterocycles. The Hall–Kier alpha value is -2.98. The van der Waals surface area contributed by atoms with E-state index in [9.17, 15) is 4.79 Å². The van der Waals surface area contributed by atoms with Crippen molar-refractivity contribution in [1.82, 2.24) is 0 Å². The number of halogens is 1. The fourth-order valence-corrected chi connectivity index (χ4v) is 2.58. The molecule has 3 rings (SSSR count). The maximum absolute atomic E-state index is 12.3. The second-order valence-corrected chi connectivity index (χ2v) is 5.87. The van der Waals surface area contributed by atoms with Crippen molar-refractivity contribution in [2.45, 2.75) is 6.92 Å². The zero-order valence-electron chi connectivity index (χ0n) is 14.2. The summed E-state index contributed by atoms with van der Waals surface area (Å²) in [5.74, 6) is 1.93. The molecule has 0 aliphatic rings. The average Bonchev–Trinajstić information content (AvgIpc) is 2.65. The van der Waals surface area contributed by atoms with Crippen LogP contribution in [0.5, 0.6) is 17.2 Å². The van der Waals surface area contributed by atoms with Crippen molar-refractivity contribution in [3.63, 3.8) is 0 Å². The maximum atomic E-state index is 12.3. The standard InChI is InChI=1S/C21H18ClNO3/c1-2-25-16-11-13-18(14-12-16)26-17-9-7-15(8-10-17)23-21(24)19-5-3-4-6-20(19)22/h3-14H,2H2,1H3,(H,23,24). The van der Waals surface area contributed by atoms with Gasteiger partial charge in [-0.1, -0.05) is 23.7 Å². The third-order valence-corrected chi connectivity index (χ3v) is 3.93. The lowest BCUT2D eigenvalue weighted by Gasteiger charge is -2.09. The third-order valence-electron chi connectivity index (χ3n) is 3.60. The van der Waals surface area contributed by atoms with Gasteiger partial charge in [0.05, 0.1) is 17.2 Å². The number of hydrogen-bond acceptors (Lipinski definition) is 3. The predicted octanol–water partition coefficient (Wildman–Crippen LogP) is 5.78. The Morgan fingerprint density at radius 3 is 2.08 bits per heavy atom. The summed E-state index contributed by atoms with van der Waals surface area (Å²) in [6, 6.07) is 21.5. The van der Waals surface area contributed by atoms with E-state index in [0.717, 1.165) is 5.75 Å². The number of carbonyl (C=O) groups excluding carboxylic acids is 1. The van der Waals surface area contributed by atoms with Crippen molar-refractivity contribution in [3.05, 3.63) is 83.4 Å². The fourth-order valence-electron chi connectivity index (χ4n) is 2.36. The highest BCUT2D eigenvalue weighted by molar-refractivity contribution is 6.34. The Kier molecular flexibility index (Phi) is 5.77. The number of amides is 1. The van der Waals surface area contributed by atoms with E-state index in [1.165, 1.54) is 0 Å². The molecule has 0 saturated heterocycles. The molecular formula is C21H18ClNO3. The zero-order valence-corrected chi connectivity index (χ0v) is 15.0. The summed E-state index contributed by atoms with van der Waals surface area (Å²) in [4.78, 5) is 12.3. The van der Waals surface area contributed by atoms with Gasteiger partial charge in [-0.05, 0) is 67.6 Å². The van der Waals surface area contributed by atoms with Gasteiger partial charge in [-0.25, -0.2) is 0 Å². The SMILES string of the molecule is CCOc1ccc(Oc2ccc(NC(=O)c3ccccc3Cl)cc2)cc1. The molecule has 3 aromatic carbocycles. The summed E-state index contributed by atoms with van der Waals surface area (Å²) < 4.78 is 11.2. The lowest BCUT2D eigenvalue weighted by Crippen LogP contribution is -2.12. The quantitative estimate of drug-likeness (QED) is 0.600. The van der Waals surface area contributed by atoms with E-state index in [0.29, 0.717) is 34.4 Å². The third kappa shape index (κ3) is 4.55. The van der Waals surface area contributed by atoms with E-state index < -0.39 is 0 Å². The van der Waals surface area contributed by atoms with Crippen molar-refractivity contribution in [1.29, 1.82) is 0 Å². The number of ether oxygens (including phenoxy) is 2. The molecule has 0 spiro atoms. The summed E-state index contributed by atoms with van der Waals surface area (Å²) in [7, 11) is 0. The Balaban J connectivity index is 1.63. The first-order valence-electron chi connectivity index (χ1n) is 8.22. The molecule has 0 unspecified atom stereocenters. The molecule has 0 aliphatic carbocycles. The molecule has 0 heterocycles. The van der Waals surface area contributed by atoms with Crippen LogP contribution in [0, 0.1) is 0 Å². The van der Waals surface area contributed by atoms with Crippen LogP contribution >= 0.6 is 11.6 Å². The van der Waals surface area contributed by atoms with Gasteiger partial charge in [-0.3, -0.25) is 4.79 Å². The Morgan fingerprint density at radius 1 is 0.885 bits per heavy atom. The van der Waals surface area contributed by atoms with Crippen LogP contribution in [-0.4, -0.2) is 12.5 Å². The Morgan fingerprint density at radius 2 is 1.46 bits per heavy atom. The number of anilines is 1. The van der Waals surface area contributed by atoms with Gasteiger partial charge in [0.2, 0.25) is 0 Å². The number of rotatable bonds is 6. The molecule has 26 heavy (non-hydrogen) atoms. The van der Waals surface area contributed by atoms with Crippen LogP contribution in [0.2, 0.25) is 5.02 Å². The number of carbonyl (C=O) groups is 1. The maximum Gasteiger partial charge on any atom is 0.257 e. The van der Waals surface area contributed by atoms with Crippen molar-refractivity contribution in [3.8, 4) is 17.2 Å². The van der Waals surface area contributed by atoms with Crippen molar-refractivity contribution in [2.75, 3.05) is 11.9 Å². The summed E-state index contributed by atoms with van der Waals surface area (Å²) in [5, 5.41) is 3.23. The van der Waals surface area contributed by atoms with E-state index in [1.54, 1.807) is 48.5 Å². The monoisotopic (exact) mass is 367 g/mol. The van der Waals surface area contributed by atoms with Crippen molar-refractivity contribution in [2.24, 2.45) is 0 Å². The normalized spacial score (nSPS) is 10.2. The van der Waals surface area contributed by atoms with Gasteiger partial charge < -0.3 is 14.8 Å². The van der Waals surface area contributed by atoms with Crippen LogP contribution in [0.1, 0.15) is 17.3 Å². The summed E-state index contributed by atoms with van der Waals surface area (Å²) in [6.07, 6.45) is 0. The number of benzene rings is 3. The van der Waals surface area contributed by atoms with E-state index in [2.05, 4.69) is 5.32 Å². The molecule has 132 valence electrons. The highest BCUT2D eigenvalue weighted by Gasteiger charge is 2.09. The minimum Gasteiger partial charge on any atom is -0.494 e. The molecule has 0 aliphatic heterocycles. The van der Waals surface area contributed by atoms with Crippen molar-refractivity contribution >= 4 is 23.2 Å². The van der Waals surface area contributed by atoms with E-state index in [-0.39, 0.29) is 5.91 Å². The zero-order chi connectivity index (χ0) is 18.4. The molecule has 3 aromatic rings. The lowest BCUT2D eigenvalue weighted by molar-refractivity contribution is 0.102. The molecular weight excluding hydrogens is 350 g/mol. The topological polar surface area (TPSA) is 47.6 Å². The minimum atomic E-state index is -0.254. The highest BCUT2D eigenvalue weighted by atomic mass is 35.5. The number of nitrogens with one attached hydrogen (secondary N) is 1. The van der Waals surface area contributed by atoms with Crippen LogP contribution in [0.25, 0.3) is 0 Å². The Labute approximate surface area is 157 Å². The largest absolute Gasteiger partial charge is 0.494 e. The summed E-state index contributed by atoms with van der Waals surface area (Å²) in [6.45, 7) is 2.57. The van der Waals surface area contributed by atoms with Crippen LogP contribution in [0.15, 0.2) is 72.8 Å². The van der Waals surface area contributed by atoms with Crippen LogP contribution in [0.4, 0.5) is 5.69 Å². The minimum absolute atomic E-state index is 0.254. The molecule has 4 nitrogen and oxygen atoms in total. The van der Waals surface area contributed by atoms with E-state index in [4.69, 9.17) is 21.1 Å². The molecule has 1 amide bonds. The first kappa shape index (κ1) is 17.8. The van der Waals surface area contributed by atoms with Gasteiger partial charge in [-0.2, -0.15) is 0 Å². The second kappa shape index (κ2) is 8.41. The fraction of sp³-hybridized carbons (Fsp3) is 0.0952. The molecule has 0 saturated carbocycles. The van der Waals surface area contributed by atoms with Crippen LogP contribution in [-0.2, 0) is 0 Å². The van der Waals surface area contributed by atoms with E-state index in [1.807, 2.05) is 31.2 Å². The first-order chi connectivity index (χ1) is 12.7. The molecule has 0 fully saturated rings. The first-order valence-corrected chi connectivity index (χ1v) is 8.60. The Bertz CT molecular complexity index is 877. The number of hydrogen-bond donors (Lipinski definition) is 1. The van der Waals surface area contributed by atoms with Crippen LogP contribution in [0.3, 0.4) is 0 Å². The lowest BCUT2D eigenvalue weighted by atomic mass is 10.2. The van der Waals surface area contributed by atoms with Crippen molar-refractivity contribution < 1.29 is 14.3 Å². The van der Waals surface area contributed by atoms with Crippen LogP contribution < -0.4 is 14.8 Å². The van der Waals surface area contributed by atoms with Gasteiger partial charge in [0.25, 0.3) is 5.91 Å². The summed E-state index contributed by atoms with van der Waals surface area (Å²) >= 11 is 6.04. The average molecular weight is 368 g/mol. The molecule has 1 N–H and O–H groups in total. The smallest absolute Gasteiger partial charge is 0.257 e.